The molecule has 0 aliphatic heterocycles. The molecule has 1 heterocycles. The summed E-state index contributed by atoms with van der Waals surface area (Å²) in [6, 6.07) is 14.7. The van der Waals surface area contributed by atoms with Gasteiger partial charge in [-0.05, 0) is 54.1 Å². The maximum Gasteiger partial charge on any atom is 0.343 e. The summed E-state index contributed by atoms with van der Waals surface area (Å²) in [6.07, 6.45) is 2.75. The van der Waals surface area contributed by atoms with Gasteiger partial charge in [-0.2, -0.15) is 5.10 Å². The summed E-state index contributed by atoms with van der Waals surface area (Å²) >= 11 is 3.31. The quantitative estimate of drug-likeness (QED) is 0.212. The molecule has 0 saturated carbocycles. The first kappa shape index (κ1) is 22.8. The van der Waals surface area contributed by atoms with Crippen molar-refractivity contribution in [2.45, 2.75) is 0 Å². The standard InChI is InChI=1S/C22H18BrN3O6/c1-30-19-10-14(7-8-17(19)32-22(29)15-4-2-5-16(23)11-15)12-25-26-20(27)13-24-21(28)18-6-3-9-31-18/h2-12H,13H2,1H3,(H,24,28)(H,26,27). The number of hydrogen-bond donors (Lipinski definition) is 2. The van der Waals surface area contributed by atoms with Crippen molar-refractivity contribution in [3.05, 3.63) is 82.2 Å². The highest BCUT2D eigenvalue weighted by molar-refractivity contribution is 9.10. The van der Waals surface area contributed by atoms with Gasteiger partial charge in [-0.1, -0.05) is 22.0 Å². The lowest BCUT2D eigenvalue weighted by Gasteiger charge is -2.10. The molecule has 10 heteroatoms. The van der Waals surface area contributed by atoms with Crippen molar-refractivity contribution in [2.24, 2.45) is 5.10 Å². The molecule has 1 aromatic heterocycles. The van der Waals surface area contributed by atoms with Crippen molar-refractivity contribution in [3.8, 4) is 11.5 Å². The highest BCUT2D eigenvalue weighted by Gasteiger charge is 2.13. The van der Waals surface area contributed by atoms with E-state index in [4.69, 9.17) is 13.9 Å². The summed E-state index contributed by atoms with van der Waals surface area (Å²) < 4.78 is 16.4. The number of hydrogen-bond acceptors (Lipinski definition) is 7. The SMILES string of the molecule is COc1cc(C=NNC(=O)CNC(=O)c2ccco2)ccc1OC(=O)c1cccc(Br)c1. The molecular formula is C22H18BrN3O6. The number of benzene rings is 2. The molecule has 0 unspecified atom stereocenters. The number of nitrogens with one attached hydrogen (secondary N) is 2. The molecule has 3 aromatic rings. The van der Waals surface area contributed by atoms with E-state index in [-0.39, 0.29) is 18.1 Å². The summed E-state index contributed by atoms with van der Waals surface area (Å²) in [5, 5.41) is 6.24. The van der Waals surface area contributed by atoms with Gasteiger partial charge in [-0.15, -0.1) is 0 Å². The summed E-state index contributed by atoms with van der Waals surface area (Å²) in [7, 11) is 1.44. The molecule has 0 bridgehead atoms. The van der Waals surface area contributed by atoms with E-state index in [2.05, 4.69) is 31.8 Å². The number of ether oxygens (including phenoxy) is 2. The van der Waals surface area contributed by atoms with Crippen molar-refractivity contribution in [1.29, 1.82) is 0 Å². The fraction of sp³-hybridized carbons (Fsp3) is 0.0909. The zero-order valence-electron chi connectivity index (χ0n) is 16.8. The van der Waals surface area contributed by atoms with Crippen LogP contribution in [0.1, 0.15) is 26.5 Å². The Kier molecular flexibility index (Phi) is 7.76. The van der Waals surface area contributed by atoms with Crippen molar-refractivity contribution in [1.82, 2.24) is 10.7 Å². The second kappa shape index (κ2) is 10.9. The Balaban J connectivity index is 1.55. The average Bonchev–Trinajstić information content (AvgIpc) is 3.33. The Hall–Kier alpha value is -3.92. The molecule has 0 fully saturated rings. The number of esters is 1. The molecule has 0 radical (unpaired) electrons. The first-order valence-electron chi connectivity index (χ1n) is 9.25. The summed E-state index contributed by atoms with van der Waals surface area (Å²) in [4.78, 5) is 35.9. The van der Waals surface area contributed by atoms with Gasteiger partial charge >= 0.3 is 5.97 Å². The van der Waals surface area contributed by atoms with Crippen LogP contribution in [0.5, 0.6) is 11.5 Å². The van der Waals surface area contributed by atoms with Gasteiger partial charge in [0, 0.05) is 4.47 Å². The topological polar surface area (TPSA) is 119 Å². The van der Waals surface area contributed by atoms with Crippen LogP contribution in [-0.2, 0) is 4.79 Å². The molecular weight excluding hydrogens is 482 g/mol. The van der Waals surface area contributed by atoms with E-state index in [0.29, 0.717) is 16.9 Å². The molecule has 32 heavy (non-hydrogen) atoms. The van der Waals surface area contributed by atoms with Crippen LogP contribution in [0.3, 0.4) is 0 Å². The molecule has 0 atom stereocenters. The van der Waals surface area contributed by atoms with E-state index in [9.17, 15) is 14.4 Å². The highest BCUT2D eigenvalue weighted by Crippen LogP contribution is 2.28. The minimum atomic E-state index is -0.533. The second-order valence-corrected chi connectivity index (χ2v) is 7.18. The summed E-state index contributed by atoms with van der Waals surface area (Å²) in [5.41, 5.74) is 3.27. The molecule has 2 aromatic carbocycles. The molecule has 0 spiro atoms. The second-order valence-electron chi connectivity index (χ2n) is 6.26. The fourth-order valence-electron chi connectivity index (χ4n) is 2.50. The van der Waals surface area contributed by atoms with Crippen molar-refractivity contribution < 1.29 is 28.3 Å². The van der Waals surface area contributed by atoms with Crippen LogP contribution in [0.2, 0.25) is 0 Å². The predicted octanol–water partition coefficient (Wildman–Crippen LogP) is 3.15. The molecule has 2 amide bonds. The molecule has 0 saturated heterocycles. The largest absolute Gasteiger partial charge is 0.493 e. The molecule has 2 N–H and O–H groups in total. The minimum Gasteiger partial charge on any atom is -0.493 e. The van der Waals surface area contributed by atoms with Crippen LogP contribution in [-0.4, -0.2) is 37.7 Å². The van der Waals surface area contributed by atoms with Crippen molar-refractivity contribution in [3.63, 3.8) is 0 Å². The van der Waals surface area contributed by atoms with Crippen LogP contribution in [0.25, 0.3) is 0 Å². The van der Waals surface area contributed by atoms with E-state index < -0.39 is 17.8 Å². The number of carbonyl (C=O) groups is 3. The lowest BCUT2D eigenvalue weighted by Crippen LogP contribution is -2.34. The molecule has 9 nitrogen and oxygen atoms in total. The number of nitrogens with zero attached hydrogens (tertiary/aromatic N) is 1. The number of hydrazone groups is 1. The molecule has 3 rings (SSSR count). The Labute approximate surface area is 191 Å². The minimum absolute atomic E-state index is 0.106. The summed E-state index contributed by atoms with van der Waals surface area (Å²) in [5.74, 6) is -0.905. The zero-order chi connectivity index (χ0) is 22.9. The maximum absolute atomic E-state index is 12.3. The molecule has 164 valence electrons. The van der Waals surface area contributed by atoms with Crippen LogP contribution >= 0.6 is 15.9 Å². The predicted molar refractivity (Wildman–Crippen MR) is 119 cm³/mol. The Bertz CT molecular complexity index is 1140. The maximum atomic E-state index is 12.3. The number of carbonyl (C=O) groups excluding carboxylic acids is 3. The number of rotatable bonds is 8. The van der Waals surface area contributed by atoms with E-state index in [0.717, 1.165) is 4.47 Å². The van der Waals surface area contributed by atoms with Gasteiger partial charge < -0.3 is 19.2 Å². The third-order valence-electron chi connectivity index (χ3n) is 4.01. The first-order valence-corrected chi connectivity index (χ1v) is 10.0. The lowest BCUT2D eigenvalue weighted by molar-refractivity contribution is -0.120. The van der Waals surface area contributed by atoms with E-state index >= 15 is 0 Å². The van der Waals surface area contributed by atoms with Crippen molar-refractivity contribution in [2.75, 3.05) is 13.7 Å². The van der Waals surface area contributed by atoms with Crippen LogP contribution in [0.4, 0.5) is 0 Å². The van der Waals surface area contributed by atoms with E-state index in [1.807, 2.05) is 0 Å². The van der Waals surface area contributed by atoms with Crippen LogP contribution in [0.15, 0.2) is 74.9 Å². The number of furan rings is 1. The third-order valence-corrected chi connectivity index (χ3v) is 4.50. The Morgan fingerprint density at radius 1 is 1.09 bits per heavy atom. The third kappa shape index (κ3) is 6.29. The van der Waals surface area contributed by atoms with Crippen LogP contribution in [0, 0.1) is 0 Å². The fourth-order valence-corrected chi connectivity index (χ4v) is 2.90. The zero-order valence-corrected chi connectivity index (χ0v) is 18.4. The van der Waals surface area contributed by atoms with Gasteiger partial charge in [0.25, 0.3) is 11.8 Å². The summed E-state index contributed by atoms with van der Waals surface area (Å²) in [6.45, 7) is -0.273. The number of amides is 2. The average molecular weight is 500 g/mol. The van der Waals surface area contributed by atoms with Gasteiger partial charge in [-0.25, -0.2) is 10.2 Å². The van der Waals surface area contributed by atoms with Gasteiger partial charge in [0.1, 0.15) is 0 Å². The monoisotopic (exact) mass is 499 g/mol. The smallest absolute Gasteiger partial charge is 0.343 e. The van der Waals surface area contributed by atoms with Gasteiger partial charge in [0.05, 0.1) is 31.7 Å². The van der Waals surface area contributed by atoms with Crippen LogP contribution < -0.4 is 20.2 Å². The first-order chi connectivity index (χ1) is 15.5. The molecule has 0 aliphatic carbocycles. The normalized spacial score (nSPS) is 10.6. The van der Waals surface area contributed by atoms with Crippen molar-refractivity contribution >= 4 is 39.9 Å². The Morgan fingerprint density at radius 2 is 1.94 bits per heavy atom. The highest BCUT2D eigenvalue weighted by atomic mass is 79.9. The van der Waals surface area contributed by atoms with Gasteiger partial charge in [0.2, 0.25) is 0 Å². The number of halogens is 1. The van der Waals surface area contributed by atoms with Gasteiger partial charge in [0.15, 0.2) is 17.3 Å². The number of methoxy groups -OCH3 is 1. The van der Waals surface area contributed by atoms with Gasteiger partial charge in [-0.3, -0.25) is 9.59 Å². The van der Waals surface area contributed by atoms with E-state index in [1.54, 1.807) is 48.5 Å². The Morgan fingerprint density at radius 3 is 2.66 bits per heavy atom. The lowest BCUT2D eigenvalue weighted by atomic mass is 10.2. The molecule has 0 aliphatic rings. The van der Waals surface area contributed by atoms with E-state index in [1.165, 1.54) is 25.7 Å².